The summed E-state index contributed by atoms with van der Waals surface area (Å²) in [6, 6.07) is 3.02. The number of amides is 1. The maximum atomic E-state index is 12.1. The molecule has 1 aromatic rings. The number of nitrogens with one attached hydrogen (secondary N) is 1. The van der Waals surface area contributed by atoms with Gasteiger partial charge < -0.3 is 15.8 Å². The van der Waals surface area contributed by atoms with Gasteiger partial charge in [-0.1, -0.05) is 13.8 Å². The number of ether oxygens (including phenoxy) is 1. The van der Waals surface area contributed by atoms with E-state index in [4.69, 9.17) is 5.73 Å². The molecule has 1 amide bonds. The molecule has 4 nitrogen and oxygen atoms in total. The molecule has 0 radical (unpaired) electrons. The fourth-order valence-corrected chi connectivity index (χ4v) is 1.77. The second kappa shape index (κ2) is 6.45. The second-order valence-electron chi connectivity index (χ2n) is 4.45. The molecule has 1 aromatic carbocycles. The first-order valence-electron chi connectivity index (χ1n) is 5.72. The summed E-state index contributed by atoms with van der Waals surface area (Å²) in [5.74, 6) is -0.841. The smallest absolute Gasteiger partial charge is 0.405 e. The van der Waals surface area contributed by atoms with E-state index in [9.17, 15) is 18.0 Å². The highest BCUT2D eigenvalue weighted by molar-refractivity contribution is 9.10. The molecule has 112 valence electrons. The monoisotopic (exact) mass is 354 g/mol. The first kappa shape index (κ1) is 16.8. The first-order valence-corrected chi connectivity index (χ1v) is 6.51. The predicted molar refractivity (Wildman–Crippen MR) is 72.3 cm³/mol. The van der Waals surface area contributed by atoms with Gasteiger partial charge in [0, 0.05) is 5.69 Å². The zero-order chi connectivity index (χ0) is 15.5. The molecule has 0 unspecified atom stereocenters. The molecule has 0 aromatic heterocycles. The van der Waals surface area contributed by atoms with E-state index in [-0.39, 0.29) is 16.1 Å². The lowest BCUT2D eigenvalue weighted by atomic mass is 10.1. The van der Waals surface area contributed by atoms with E-state index in [2.05, 4.69) is 26.0 Å². The lowest BCUT2D eigenvalue weighted by molar-refractivity contribution is -0.274. The van der Waals surface area contributed by atoms with Gasteiger partial charge in [0.25, 0.3) is 0 Å². The number of halogens is 4. The molecule has 8 heteroatoms. The standard InChI is InChI=1S/C12H14BrF3N2O2/c1-6(2)10(17)11(19)18-7-3-4-9(8(13)5-7)20-12(14,15)16/h3-6,10H,17H2,1-2H3,(H,18,19)/t10-/m1/s1. The van der Waals surface area contributed by atoms with Gasteiger partial charge in [-0.2, -0.15) is 0 Å². The number of rotatable bonds is 4. The normalized spacial score (nSPS) is 13.2. The SMILES string of the molecule is CC(C)[C@@H](N)C(=O)Nc1ccc(OC(F)(F)F)c(Br)c1. The van der Waals surface area contributed by atoms with Gasteiger partial charge in [-0.05, 0) is 40.0 Å². The average Bonchev–Trinajstić information content (AvgIpc) is 2.30. The van der Waals surface area contributed by atoms with Crippen LogP contribution in [0.4, 0.5) is 18.9 Å². The van der Waals surface area contributed by atoms with E-state index in [1.165, 1.54) is 12.1 Å². The Morgan fingerprint density at radius 2 is 2.00 bits per heavy atom. The summed E-state index contributed by atoms with van der Waals surface area (Å²) in [6.07, 6.45) is -4.77. The van der Waals surface area contributed by atoms with E-state index in [1.807, 2.05) is 0 Å². The van der Waals surface area contributed by atoms with Crippen molar-refractivity contribution < 1.29 is 22.7 Å². The van der Waals surface area contributed by atoms with Gasteiger partial charge in [0.15, 0.2) is 0 Å². The minimum absolute atomic E-state index is 0.0497. The molecule has 0 spiro atoms. The highest BCUT2D eigenvalue weighted by Crippen LogP contribution is 2.32. The molecule has 0 aliphatic rings. The van der Waals surface area contributed by atoms with Crippen molar-refractivity contribution >= 4 is 27.5 Å². The minimum atomic E-state index is -4.77. The summed E-state index contributed by atoms with van der Waals surface area (Å²) in [7, 11) is 0. The molecule has 0 saturated heterocycles. The van der Waals surface area contributed by atoms with Gasteiger partial charge in [0.05, 0.1) is 10.5 Å². The van der Waals surface area contributed by atoms with Gasteiger partial charge in [-0.3, -0.25) is 4.79 Å². The Morgan fingerprint density at radius 1 is 1.40 bits per heavy atom. The number of hydrogen-bond donors (Lipinski definition) is 2. The van der Waals surface area contributed by atoms with Crippen molar-refractivity contribution in [2.24, 2.45) is 11.7 Å². The summed E-state index contributed by atoms with van der Waals surface area (Å²) in [5, 5.41) is 2.52. The molecule has 0 heterocycles. The van der Waals surface area contributed by atoms with Gasteiger partial charge in [-0.15, -0.1) is 13.2 Å². The molecule has 0 aliphatic heterocycles. The molecule has 3 N–H and O–H groups in total. The number of carbonyl (C=O) groups is 1. The summed E-state index contributed by atoms with van der Waals surface area (Å²) < 4.78 is 40.2. The van der Waals surface area contributed by atoms with Crippen LogP contribution in [-0.4, -0.2) is 18.3 Å². The van der Waals surface area contributed by atoms with Crippen molar-refractivity contribution in [2.75, 3.05) is 5.32 Å². The van der Waals surface area contributed by atoms with Gasteiger partial charge in [-0.25, -0.2) is 0 Å². The molecule has 0 fully saturated rings. The Balaban J connectivity index is 2.80. The fraction of sp³-hybridized carbons (Fsp3) is 0.417. The molecule has 20 heavy (non-hydrogen) atoms. The van der Waals surface area contributed by atoms with Crippen molar-refractivity contribution in [3.05, 3.63) is 22.7 Å². The quantitative estimate of drug-likeness (QED) is 0.871. The number of carbonyl (C=O) groups excluding carboxylic acids is 1. The molecule has 0 saturated carbocycles. The van der Waals surface area contributed by atoms with Crippen molar-refractivity contribution in [3.63, 3.8) is 0 Å². The first-order chi connectivity index (χ1) is 9.10. The van der Waals surface area contributed by atoms with Crippen molar-refractivity contribution in [3.8, 4) is 5.75 Å². The summed E-state index contributed by atoms with van der Waals surface area (Å²) in [4.78, 5) is 11.7. The number of hydrogen-bond acceptors (Lipinski definition) is 3. The zero-order valence-corrected chi connectivity index (χ0v) is 12.4. The Labute approximate surface area is 122 Å². The predicted octanol–water partition coefficient (Wildman–Crippen LogP) is 3.27. The topological polar surface area (TPSA) is 64.4 Å². The fourth-order valence-electron chi connectivity index (χ4n) is 1.31. The van der Waals surface area contributed by atoms with Gasteiger partial charge >= 0.3 is 6.36 Å². The Kier molecular flexibility index (Phi) is 5.41. The molecular formula is C12H14BrF3N2O2. The number of benzene rings is 1. The lowest BCUT2D eigenvalue weighted by Gasteiger charge is -2.16. The summed E-state index contributed by atoms with van der Waals surface area (Å²) in [6.45, 7) is 3.58. The second-order valence-corrected chi connectivity index (χ2v) is 5.31. The van der Waals surface area contributed by atoms with Gasteiger partial charge in [0.2, 0.25) is 5.91 Å². The van der Waals surface area contributed by atoms with Crippen molar-refractivity contribution in [1.29, 1.82) is 0 Å². The zero-order valence-electron chi connectivity index (χ0n) is 10.8. The van der Waals surface area contributed by atoms with Crippen LogP contribution in [0.2, 0.25) is 0 Å². The number of anilines is 1. The van der Waals surface area contributed by atoms with E-state index >= 15 is 0 Å². The van der Waals surface area contributed by atoms with Gasteiger partial charge in [0.1, 0.15) is 5.75 Å². The van der Waals surface area contributed by atoms with Crippen LogP contribution < -0.4 is 15.8 Å². The Morgan fingerprint density at radius 3 is 2.45 bits per heavy atom. The highest BCUT2D eigenvalue weighted by Gasteiger charge is 2.32. The average molecular weight is 355 g/mol. The van der Waals surface area contributed by atoms with Crippen molar-refractivity contribution in [1.82, 2.24) is 0 Å². The maximum Gasteiger partial charge on any atom is 0.573 e. The third kappa shape index (κ3) is 5.01. The summed E-state index contributed by atoms with van der Waals surface area (Å²) >= 11 is 2.95. The van der Waals surface area contributed by atoms with E-state index < -0.39 is 18.3 Å². The lowest BCUT2D eigenvalue weighted by Crippen LogP contribution is -2.39. The van der Waals surface area contributed by atoms with Crippen LogP contribution in [0.25, 0.3) is 0 Å². The third-order valence-corrected chi connectivity index (χ3v) is 3.07. The third-order valence-electron chi connectivity index (χ3n) is 2.45. The Bertz CT molecular complexity index is 492. The van der Waals surface area contributed by atoms with Crippen LogP contribution in [0.15, 0.2) is 22.7 Å². The number of alkyl halides is 3. The minimum Gasteiger partial charge on any atom is -0.405 e. The van der Waals surface area contributed by atoms with E-state index in [1.54, 1.807) is 13.8 Å². The van der Waals surface area contributed by atoms with E-state index in [0.29, 0.717) is 5.69 Å². The Hall–Kier alpha value is -1.28. The molecule has 1 atom stereocenters. The maximum absolute atomic E-state index is 12.1. The molecule has 0 aliphatic carbocycles. The highest BCUT2D eigenvalue weighted by atomic mass is 79.9. The van der Waals surface area contributed by atoms with Crippen molar-refractivity contribution in [2.45, 2.75) is 26.3 Å². The van der Waals surface area contributed by atoms with Crippen LogP contribution in [0.3, 0.4) is 0 Å². The van der Waals surface area contributed by atoms with Crippen LogP contribution in [0.1, 0.15) is 13.8 Å². The van der Waals surface area contributed by atoms with Crippen LogP contribution in [-0.2, 0) is 4.79 Å². The van der Waals surface area contributed by atoms with Crippen LogP contribution in [0.5, 0.6) is 5.75 Å². The van der Waals surface area contributed by atoms with Crippen LogP contribution >= 0.6 is 15.9 Å². The molecule has 0 bridgehead atoms. The number of nitrogens with two attached hydrogens (primary N) is 1. The molecular weight excluding hydrogens is 341 g/mol. The van der Waals surface area contributed by atoms with E-state index in [0.717, 1.165) is 6.07 Å². The molecule has 1 rings (SSSR count). The largest absolute Gasteiger partial charge is 0.573 e. The summed E-state index contributed by atoms with van der Waals surface area (Å²) in [5.41, 5.74) is 5.99. The van der Waals surface area contributed by atoms with Crippen LogP contribution in [0, 0.1) is 5.92 Å².